The zero-order valence-electron chi connectivity index (χ0n) is 16.6. The molecule has 0 saturated carbocycles. The van der Waals surface area contributed by atoms with Gasteiger partial charge < -0.3 is 19.7 Å². The summed E-state index contributed by atoms with van der Waals surface area (Å²) >= 11 is 0. The van der Waals surface area contributed by atoms with Gasteiger partial charge >= 0.3 is 0 Å². The summed E-state index contributed by atoms with van der Waals surface area (Å²) < 4.78 is 11.3. The predicted octanol–water partition coefficient (Wildman–Crippen LogP) is 2.52. The Hall–Kier alpha value is -3.33. The molecule has 2 aromatic carbocycles. The molecule has 1 amide bonds. The third-order valence-electron chi connectivity index (χ3n) is 5.19. The van der Waals surface area contributed by atoms with Crippen LogP contribution in [-0.2, 0) is 4.79 Å². The fraction of sp³-hybridized carbons (Fsp3) is 0.381. The quantitative estimate of drug-likeness (QED) is 0.595. The van der Waals surface area contributed by atoms with E-state index in [-0.39, 0.29) is 23.1 Å². The molecule has 0 spiro atoms. The monoisotopic (exact) mass is 412 g/mol. The number of amides is 1. The van der Waals surface area contributed by atoms with Gasteiger partial charge in [-0.05, 0) is 18.2 Å². The summed E-state index contributed by atoms with van der Waals surface area (Å²) in [5.74, 6) is 1.23. The molecule has 2 aromatic rings. The second-order valence-corrected chi connectivity index (χ2v) is 7.27. The van der Waals surface area contributed by atoms with Gasteiger partial charge in [-0.1, -0.05) is 12.1 Å². The van der Waals surface area contributed by atoms with Crippen LogP contribution in [0, 0.1) is 10.1 Å². The minimum absolute atomic E-state index is 0.108. The van der Waals surface area contributed by atoms with Gasteiger partial charge in [0.15, 0.2) is 11.5 Å². The van der Waals surface area contributed by atoms with Crippen molar-refractivity contribution >= 4 is 23.0 Å². The molecule has 0 bridgehead atoms. The lowest BCUT2D eigenvalue weighted by Gasteiger charge is -2.35. The Kier molecular flexibility index (Phi) is 5.99. The minimum Gasteiger partial charge on any atom is -0.490 e. The van der Waals surface area contributed by atoms with E-state index in [1.807, 2.05) is 15.9 Å². The van der Waals surface area contributed by atoms with E-state index < -0.39 is 0 Å². The van der Waals surface area contributed by atoms with Gasteiger partial charge in [0.05, 0.1) is 24.7 Å². The van der Waals surface area contributed by atoms with Crippen LogP contribution in [-0.4, -0.2) is 61.7 Å². The highest BCUT2D eigenvalue weighted by Crippen LogP contribution is 2.32. The van der Waals surface area contributed by atoms with Crippen molar-refractivity contribution in [3.05, 3.63) is 52.6 Å². The second-order valence-electron chi connectivity index (χ2n) is 7.27. The zero-order valence-corrected chi connectivity index (χ0v) is 16.6. The number of rotatable bonds is 5. The molecular weight excluding hydrogens is 388 g/mol. The number of benzene rings is 2. The van der Waals surface area contributed by atoms with Crippen LogP contribution in [0.1, 0.15) is 6.42 Å². The van der Waals surface area contributed by atoms with Crippen molar-refractivity contribution in [3.63, 3.8) is 0 Å². The zero-order chi connectivity index (χ0) is 20.9. The van der Waals surface area contributed by atoms with Gasteiger partial charge in [-0.25, -0.2) is 0 Å². The third-order valence-corrected chi connectivity index (χ3v) is 5.19. The molecular formula is C21H24N4O5. The van der Waals surface area contributed by atoms with Crippen LogP contribution >= 0.6 is 0 Å². The smallest absolute Gasteiger partial charge is 0.292 e. The first-order valence-corrected chi connectivity index (χ1v) is 10.0. The van der Waals surface area contributed by atoms with Crippen molar-refractivity contribution in [1.82, 2.24) is 4.90 Å². The highest BCUT2D eigenvalue weighted by Gasteiger charge is 2.24. The molecule has 9 heteroatoms. The molecule has 0 unspecified atom stereocenters. The molecule has 0 aromatic heterocycles. The number of anilines is 2. The molecule has 1 N–H and O–H groups in total. The molecule has 2 aliphatic rings. The molecule has 2 heterocycles. The summed E-state index contributed by atoms with van der Waals surface area (Å²) in [5, 5.41) is 14.2. The number of nitrogens with zero attached hydrogens (tertiary/aromatic N) is 3. The van der Waals surface area contributed by atoms with Gasteiger partial charge in [-0.15, -0.1) is 0 Å². The van der Waals surface area contributed by atoms with Crippen LogP contribution < -0.4 is 19.7 Å². The summed E-state index contributed by atoms with van der Waals surface area (Å²) in [7, 11) is 0. The lowest BCUT2D eigenvalue weighted by Crippen LogP contribution is -2.48. The van der Waals surface area contributed by atoms with E-state index >= 15 is 0 Å². The largest absolute Gasteiger partial charge is 0.490 e. The maximum Gasteiger partial charge on any atom is 0.292 e. The van der Waals surface area contributed by atoms with Crippen molar-refractivity contribution in [1.29, 1.82) is 0 Å². The van der Waals surface area contributed by atoms with Gasteiger partial charge in [0.25, 0.3) is 5.69 Å². The summed E-state index contributed by atoms with van der Waals surface area (Å²) in [6, 6.07) is 12.2. The topological polar surface area (TPSA) is 97.2 Å². The Morgan fingerprint density at radius 3 is 2.53 bits per heavy atom. The number of hydrogen-bond donors (Lipinski definition) is 1. The van der Waals surface area contributed by atoms with Gasteiger partial charge in [0.2, 0.25) is 5.91 Å². The molecule has 158 valence electrons. The molecule has 0 atom stereocenters. The maximum absolute atomic E-state index is 12.5. The first-order chi connectivity index (χ1) is 14.6. The van der Waals surface area contributed by atoms with Crippen molar-refractivity contribution in [2.24, 2.45) is 0 Å². The highest BCUT2D eigenvalue weighted by atomic mass is 16.6. The number of carbonyl (C=O) groups excluding carboxylic acids is 1. The number of nitro groups is 1. The molecule has 4 rings (SSSR count). The second kappa shape index (κ2) is 9.00. The van der Waals surface area contributed by atoms with E-state index in [0.29, 0.717) is 62.3 Å². The Labute approximate surface area is 174 Å². The number of nitrogens with one attached hydrogen (secondary N) is 1. The number of nitro benzene ring substituents is 1. The summed E-state index contributed by atoms with van der Waals surface area (Å²) in [4.78, 5) is 27.4. The standard InChI is InChI=1S/C21H24N4O5/c26-21(22-16-6-7-19-20(14-16)30-13-3-12-29-19)15-23-8-10-24(11-9-23)17-4-1-2-5-18(17)25(27)28/h1-2,4-7,14H,3,8-13,15H2,(H,22,26). The molecule has 30 heavy (non-hydrogen) atoms. The SMILES string of the molecule is O=C(CN1CCN(c2ccccc2[N+](=O)[O-])CC1)Nc1ccc2c(c1)OCCCO2. The average Bonchev–Trinajstić information content (AvgIpc) is 2.99. The summed E-state index contributed by atoms with van der Waals surface area (Å²) in [5.41, 5.74) is 1.40. The van der Waals surface area contributed by atoms with Crippen molar-refractivity contribution in [3.8, 4) is 11.5 Å². The van der Waals surface area contributed by atoms with Gasteiger partial charge in [-0.2, -0.15) is 0 Å². The van der Waals surface area contributed by atoms with Gasteiger partial charge in [-0.3, -0.25) is 19.8 Å². The first-order valence-electron chi connectivity index (χ1n) is 10.0. The lowest BCUT2D eigenvalue weighted by atomic mass is 10.2. The van der Waals surface area contributed by atoms with Crippen molar-refractivity contribution in [2.75, 3.05) is 56.2 Å². The van der Waals surface area contributed by atoms with Gasteiger partial charge in [0, 0.05) is 50.4 Å². The van der Waals surface area contributed by atoms with Gasteiger partial charge in [0.1, 0.15) is 5.69 Å². The Morgan fingerprint density at radius 2 is 1.77 bits per heavy atom. The molecule has 1 saturated heterocycles. The number of carbonyl (C=O) groups is 1. The Bertz CT molecular complexity index is 927. The van der Waals surface area contributed by atoms with E-state index in [1.54, 1.807) is 30.3 Å². The lowest BCUT2D eigenvalue weighted by molar-refractivity contribution is -0.384. The fourth-order valence-corrected chi connectivity index (χ4v) is 3.68. The number of ether oxygens (including phenoxy) is 2. The molecule has 0 aliphatic carbocycles. The van der Waals surface area contributed by atoms with E-state index in [4.69, 9.17) is 9.47 Å². The minimum atomic E-state index is -0.357. The molecule has 9 nitrogen and oxygen atoms in total. The van der Waals surface area contributed by atoms with Crippen LogP contribution in [0.2, 0.25) is 0 Å². The third kappa shape index (κ3) is 4.62. The van der Waals surface area contributed by atoms with E-state index in [1.165, 1.54) is 6.07 Å². The predicted molar refractivity (Wildman–Crippen MR) is 112 cm³/mol. The fourth-order valence-electron chi connectivity index (χ4n) is 3.68. The summed E-state index contributed by atoms with van der Waals surface area (Å²) in [6.07, 6.45) is 0.828. The number of hydrogen-bond acceptors (Lipinski definition) is 7. The van der Waals surface area contributed by atoms with E-state index in [9.17, 15) is 14.9 Å². The van der Waals surface area contributed by atoms with E-state index in [0.717, 1.165) is 6.42 Å². The first kappa shape index (κ1) is 20.0. The number of piperazine rings is 1. The number of para-hydroxylation sites is 2. The van der Waals surface area contributed by atoms with Crippen LogP contribution in [0.4, 0.5) is 17.1 Å². The van der Waals surface area contributed by atoms with Crippen molar-refractivity contribution < 1.29 is 19.2 Å². The van der Waals surface area contributed by atoms with E-state index in [2.05, 4.69) is 5.32 Å². The number of fused-ring (bicyclic) bond motifs is 1. The van der Waals surface area contributed by atoms with Crippen LogP contribution in [0.25, 0.3) is 0 Å². The molecule has 1 fully saturated rings. The Balaban J connectivity index is 1.31. The highest BCUT2D eigenvalue weighted by molar-refractivity contribution is 5.92. The van der Waals surface area contributed by atoms with Crippen LogP contribution in [0.3, 0.4) is 0 Å². The summed E-state index contributed by atoms with van der Waals surface area (Å²) in [6.45, 7) is 4.04. The molecule has 2 aliphatic heterocycles. The van der Waals surface area contributed by atoms with Crippen molar-refractivity contribution in [2.45, 2.75) is 6.42 Å². The Morgan fingerprint density at radius 1 is 1.03 bits per heavy atom. The maximum atomic E-state index is 12.5. The molecule has 0 radical (unpaired) electrons. The van der Waals surface area contributed by atoms with Crippen LogP contribution in [0.15, 0.2) is 42.5 Å². The normalized spacial score (nSPS) is 16.6. The van der Waals surface area contributed by atoms with Crippen LogP contribution in [0.5, 0.6) is 11.5 Å². The average molecular weight is 412 g/mol.